The predicted molar refractivity (Wildman–Crippen MR) is 107 cm³/mol. The van der Waals surface area contributed by atoms with Gasteiger partial charge < -0.3 is 4.98 Å². The lowest BCUT2D eigenvalue weighted by Crippen LogP contribution is -2.37. The largest absolute Gasteiger partial charge is 0.350 e. The van der Waals surface area contributed by atoms with Crippen LogP contribution in [0.4, 0.5) is 0 Å². The maximum Gasteiger partial charge on any atom is 0.287 e. The molecule has 3 aromatic heterocycles. The molecule has 0 spiro atoms. The Labute approximate surface area is 161 Å². The van der Waals surface area contributed by atoms with Crippen LogP contribution in [0.1, 0.15) is 29.3 Å². The molecule has 1 atom stereocenters. The summed E-state index contributed by atoms with van der Waals surface area (Å²) >= 11 is 7.64. The Bertz CT molecular complexity index is 1400. The number of nitrogens with one attached hydrogen (secondary N) is 2. The Balaban J connectivity index is 1.87. The van der Waals surface area contributed by atoms with Crippen LogP contribution in [0.25, 0.3) is 21.8 Å². The van der Waals surface area contributed by atoms with E-state index in [0.29, 0.717) is 15.9 Å². The van der Waals surface area contributed by atoms with Crippen LogP contribution in [0.2, 0.25) is 5.02 Å². The molecule has 0 fully saturated rings. The third-order valence-corrected chi connectivity index (χ3v) is 6.41. The topological polar surface area (TPSA) is 87.7 Å². The lowest BCUT2D eigenvalue weighted by Gasteiger charge is -2.24. The van der Waals surface area contributed by atoms with Gasteiger partial charge in [-0.05, 0) is 54.5 Å². The first-order valence-electron chi connectivity index (χ1n) is 8.61. The summed E-state index contributed by atoms with van der Waals surface area (Å²) in [5.41, 5.74) is 0.0319. The van der Waals surface area contributed by atoms with Crippen molar-refractivity contribution >= 4 is 44.7 Å². The Morgan fingerprint density at radius 2 is 2.04 bits per heavy atom. The number of aryl methyl sites for hydroxylation is 1. The molecule has 0 aliphatic heterocycles. The molecular formula is C19H14ClN3O3S. The van der Waals surface area contributed by atoms with E-state index in [1.807, 2.05) is 11.4 Å². The number of aromatic nitrogens is 3. The highest BCUT2D eigenvalue weighted by atomic mass is 35.5. The number of benzene rings is 1. The molecule has 0 radical (unpaired) electrons. The highest BCUT2D eigenvalue weighted by Crippen LogP contribution is 2.34. The van der Waals surface area contributed by atoms with Crippen molar-refractivity contribution in [3.63, 3.8) is 0 Å². The Kier molecular flexibility index (Phi) is 3.63. The van der Waals surface area contributed by atoms with Crippen LogP contribution in [0, 0.1) is 0 Å². The second-order valence-corrected chi connectivity index (χ2v) is 8.15. The summed E-state index contributed by atoms with van der Waals surface area (Å²) in [6, 6.07) is 6.46. The molecule has 4 aromatic rings. The third-order valence-electron chi connectivity index (χ3n) is 5.18. The minimum absolute atomic E-state index is 0.0163. The molecule has 2 N–H and O–H groups in total. The quantitative estimate of drug-likeness (QED) is 0.482. The first-order chi connectivity index (χ1) is 13.0. The number of thiophene rings is 1. The maximum atomic E-state index is 13.2. The van der Waals surface area contributed by atoms with Crippen molar-refractivity contribution in [1.29, 1.82) is 0 Å². The van der Waals surface area contributed by atoms with Crippen molar-refractivity contribution in [1.82, 2.24) is 14.8 Å². The zero-order valence-corrected chi connectivity index (χ0v) is 15.6. The second kappa shape index (κ2) is 5.94. The number of rotatable bonds is 1. The molecule has 0 amide bonds. The van der Waals surface area contributed by atoms with Gasteiger partial charge in [-0.15, -0.1) is 11.3 Å². The minimum Gasteiger partial charge on any atom is -0.350 e. The molecule has 0 saturated heterocycles. The molecule has 0 saturated carbocycles. The van der Waals surface area contributed by atoms with Crippen LogP contribution in [0.15, 0.2) is 44.0 Å². The van der Waals surface area contributed by atoms with E-state index in [1.165, 1.54) is 9.56 Å². The number of aromatic amines is 2. The van der Waals surface area contributed by atoms with Crippen molar-refractivity contribution in [2.75, 3.05) is 0 Å². The molecule has 1 aliphatic carbocycles. The first kappa shape index (κ1) is 16.5. The summed E-state index contributed by atoms with van der Waals surface area (Å²) in [5.74, 6) is 0. The highest BCUT2D eigenvalue weighted by molar-refractivity contribution is 7.10. The molecule has 8 heteroatoms. The molecular weight excluding hydrogens is 386 g/mol. The Hall–Kier alpha value is -2.64. The minimum atomic E-state index is -0.495. The van der Waals surface area contributed by atoms with Gasteiger partial charge in [0.15, 0.2) is 0 Å². The normalized spacial score (nSPS) is 16.7. The monoisotopic (exact) mass is 399 g/mol. The number of nitrogens with zero attached hydrogens (tertiary/aromatic N) is 1. The Morgan fingerprint density at radius 1 is 1.19 bits per heavy atom. The maximum absolute atomic E-state index is 13.2. The Morgan fingerprint density at radius 3 is 2.89 bits per heavy atom. The number of fused-ring (bicyclic) bond motifs is 3. The van der Waals surface area contributed by atoms with Crippen LogP contribution >= 0.6 is 22.9 Å². The van der Waals surface area contributed by atoms with Gasteiger partial charge in [-0.25, -0.2) is 4.68 Å². The zero-order valence-electron chi connectivity index (χ0n) is 14.0. The lowest BCUT2D eigenvalue weighted by atomic mass is 9.94. The summed E-state index contributed by atoms with van der Waals surface area (Å²) < 4.78 is 1.33. The average molecular weight is 400 g/mol. The average Bonchev–Trinajstić information content (AvgIpc) is 3.13. The van der Waals surface area contributed by atoms with Gasteiger partial charge in [0.05, 0.1) is 11.6 Å². The second-order valence-electron chi connectivity index (χ2n) is 6.72. The molecule has 0 bridgehead atoms. The fourth-order valence-corrected chi connectivity index (χ4v) is 5.08. The van der Waals surface area contributed by atoms with E-state index in [0.717, 1.165) is 24.8 Å². The van der Waals surface area contributed by atoms with Crippen molar-refractivity contribution in [3.8, 4) is 0 Å². The van der Waals surface area contributed by atoms with E-state index in [2.05, 4.69) is 10.1 Å². The van der Waals surface area contributed by atoms with Crippen LogP contribution < -0.4 is 16.5 Å². The zero-order chi connectivity index (χ0) is 18.7. The highest BCUT2D eigenvalue weighted by Gasteiger charge is 2.26. The van der Waals surface area contributed by atoms with Crippen molar-refractivity contribution in [2.24, 2.45) is 0 Å². The molecule has 5 rings (SSSR count). The standard InChI is InChI=1S/C19H14ClN3O3S/c20-9-4-5-10-12(8-9)21-16-15(17(10)24)19(26)23(22-18(16)25)13-2-1-3-14-11(13)6-7-27-14/h4-8,13H,1-3H2,(H,21,24)(H,22,25). The van der Waals surface area contributed by atoms with Gasteiger partial charge in [0.2, 0.25) is 5.43 Å². The summed E-state index contributed by atoms with van der Waals surface area (Å²) in [6.07, 6.45) is 2.64. The smallest absolute Gasteiger partial charge is 0.287 e. The number of pyridine rings is 1. The third kappa shape index (κ3) is 2.42. The van der Waals surface area contributed by atoms with Gasteiger partial charge in [0.25, 0.3) is 11.1 Å². The van der Waals surface area contributed by atoms with Crippen LogP contribution in [-0.4, -0.2) is 14.8 Å². The van der Waals surface area contributed by atoms with Gasteiger partial charge in [-0.1, -0.05) is 11.6 Å². The van der Waals surface area contributed by atoms with E-state index >= 15 is 0 Å². The van der Waals surface area contributed by atoms with Gasteiger partial charge >= 0.3 is 0 Å². The van der Waals surface area contributed by atoms with Gasteiger partial charge in [0, 0.05) is 15.3 Å². The summed E-state index contributed by atoms with van der Waals surface area (Å²) in [5, 5.41) is 5.33. The van der Waals surface area contributed by atoms with E-state index in [1.54, 1.807) is 29.5 Å². The van der Waals surface area contributed by atoms with E-state index in [4.69, 9.17) is 11.6 Å². The molecule has 6 nitrogen and oxygen atoms in total. The number of hydrogen-bond acceptors (Lipinski definition) is 4. The fraction of sp³-hybridized carbons (Fsp3) is 0.211. The van der Waals surface area contributed by atoms with E-state index in [9.17, 15) is 14.4 Å². The fourth-order valence-electron chi connectivity index (χ4n) is 3.92. The number of halogens is 1. The lowest BCUT2D eigenvalue weighted by molar-refractivity contribution is 0.435. The van der Waals surface area contributed by atoms with Gasteiger partial charge in [-0.3, -0.25) is 19.5 Å². The van der Waals surface area contributed by atoms with Crippen LogP contribution in [-0.2, 0) is 6.42 Å². The van der Waals surface area contributed by atoms with E-state index < -0.39 is 16.5 Å². The summed E-state index contributed by atoms with van der Waals surface area (Å²) in [6.45, 7) is 0. The van der Waals surface area contributed by atoms with Crippen LogP contribution in [0.3, 0.4) is 0 Å². The summed E-state index contributed by atoms with van der Waals surface area (Å²) in [4.78, 5) is 43.0. The molecule has 1 unspecified atom stereocenters. The molecule has 1 aromatic carbocycles. The molecule has 136 valence electrons. The predicted octanol–water partition coefficient (Wildman–Crippen LogP) is 3.17. The number of hydrogen-bond donors (Lipinski definition) is 2. The molecule has 1 aliphatic rings. The summed E-state index contributed by atoms with van der Waals surface area (Å²) in [7, 11) is 0. The SMILES string of the molecule is O=c1[nH]n(C2CCCc3sccc32)c(=O)c2c(=O)c3ccc(Cl)cc3[nH]c12. The van der Waals surface area contributed by atoms with Crippen LogP contribution in [0.5, 0.6) is 0 Å². The van der Waals surface area contributed by atoms with Crippen molar-refractivity contribution in [3.05, 3.63) is 76.0 Å². The van der Waals surface area contributed by atoms with Gasteiger partial charge in [-0.2, -0.15) is 0 Å². The molecule has 3 heterocycles. The molecule has 27 heavy (non-hydrogen) atoms. The first-order valence-corrected chi connectivity index (χ1v) is 9.86. The van der Waals surface area contributed by atoms with Crippen molar-refractivity contribution in [2.45, 2.75) is 25.3 Å². The number of H-pyrrole nitrogens is 2. The van der Waals surface area contributed by atoms with E-state index in [-0.39, 0.29) is 16.9 Å². The van der Waals surface area contributed by atoms with Gasteiger partial charge in [0.1, 0.15) is 10.9 Å². The van der Waals surface area contributed by atoms with Crippen molar-refractivity contribution < 1.29 is 0 Å².